The number of carbonyl (C=O) groups is 1. The van der Waals surface area contributed by atoms with E-state index in [9.17, 15) is 4.79 Å². The Morgan fingerprint density at radius 2 is 2.00 bits per heavy atom. The molecule has 1 amide bonds. The second-order valence-corrected chi connectivity index (χ2v) is 4.69. The number of nitrogen functional groups attached to an aromatic ring is 1. The van der Waals surface area contributed by atoms with E-state index in [1.165, 1.54) is 0 Å². The maximum Gasteiger partial charge on any atom is 0.412 e. The van der Waals surface area contributed by atoms with Gasteiger partial charge in [-0.2, -0.15) is 4.98 Å². The number of primary amides is 1. The van der Waals surface area contributed by atoms with E-state index < -0.39 is 6.09 Å². The first kappa shape index (κ1) is 15.7. The summed E-state index contributed by atoms with van der Waals surface area (Å²) in [5.41, 5.74) is 15.3. The topological polar surface area (TPSA) is 107 Å². The van der Waals surface area contributed by atoms with Crippen molar-refractivity contribution in [2.45, 2.75) is 6.42 Å². The molecule has 0 saturated heterocycles. The van der Waals surface area contributed by atoms with E-state index in [4.69, 9.17) is 16.2 Å². The fourth-order valence-corrected chi connectivity index (χ4v) is 2.20. The summed E-state index contributed by atoms with van der Waals surface area (Å²) in [6.45, 7) is 0. The minimum Gasteiger partial charge on any atom is -0.398 e. The number of anilines is 1. The number of para-hydroxylation sites is 1. The highest BCUT2D eigenvalue weighted by molar-refractivity contribution is 5.85. The van der Waals surface area contributed by atoms with Gasteiger partial charge in [-0.05, 0) is 35.7 Å². The average Bonchev–Trinajstić information content (AvgIpc) is 2.82. The molecule has 0 aliphatic rings. The lowest BCUT2D eigenvalue weighted by Crippen LogP contribution is -2.16. The predicted molar refractivity (Wildman–Crippen MR) is 87.2 cm³/mol. The van der Waals surface area contributed by atoms with Crippen LogP contribution in [0.25, 0.3) is 11.0 Å². The monoisotopic (exact) mass is 318 g/mol. The summed E-state index contributed by atoms with van der Waals surface area (Å²) in [5.74, 6) is 0. The summed E-state index contributed by atoms with van der Waals surface area (Å²) in [7, 11) is 0. The molecule has 0 atom stereocenters. The zero-order valence-electron chi connectivity index (χ0n) is 11.6. The molecule has 0 aliphatic carbocycles. The van der Waals surface area contributed by atoms with E-state index in [0.29, 0.717) is 11.9 Å². The number of fused-ring (bicyclic) bond motifs is 1. The Balaban J connectivity index is 0.00000176. The van der Waals surface area contributed by atoms with Crippen molar-refractivity contribution in [2.75, 3.05) is 5.73 Å². The van der Waals surface area contributed by atoms with Crippen LogP contribution in [0.3, 0.4) is 0 Å². The number of aromatic amines is 1. The standard InChI is InChI=1S/C15H14N4O2.ClH/c16-11-4-2-1-3-10(11)7-9-5-6-12-13(8-9)19-15(18-12)21-14(17)20;/h1-6,8H,7,16H2,(H2,17,20)(H,18,19);1H. The molecule has 114 valence electrons. The molecule has 2 aromatic carbocycles. The van der Waals surface area contributed by atoms with Gasteiger partial charge in [0.15, 0.2) is 0 Å². The van der Waals surface area contributed by atoms with E-state index in [0.717, 1.165) is 22.3 Å². The maximum atomic E-state index is 10.7. The third-order valence-corrected chi connectivity index (χ3v) is 3.17. The van der Waals surface area contributed by atoms with Crippen LogP contribution < -0.4 is 16.2 Å². The van der Waals surface area contributed by atoms with Crippen LogP contribution in [-0.2, 0) is 6.42 Å². The summed E-state index contributed by atoms with van der Waals surface area (Å²) in [5, 5.41) is 0. The molecule has 0 aliphatic heterocycles. The van der Waals surface area contributed by atoms with Gasteiger partial charge in [0.2, 0.25) is 0 Å². The van der Waals surface area contributed by atoms with Gasteiger partial charge in [0.05, 0.1) is 11.0 Å². The highest BCUT2D eigenvalue weighted by Crippen LogP contribution is 2.21. The van der Waals surface area contributed by atoms with Crippen molar-refractivity contribution in [1.82, 2.24) is 9.97 Å². The van der Waals surface area contributed by atoms with Gasteiger partial charge in [-0.3, -0.25) is 0 Å². The molecule has 6 nitrogen and oxygen atoms in total. The largest absolute Gasteiger partial charge is 0.412 e. The second kappa shape index (κ2) is 6.36. The first-order chi connectivity index (χ1) is 10.1. The summed E-state index contributed by atoms with van der Waals surface area (Å²) in [4.78, 5) is 17.8. The van der Waals surface area contributed by atoms with Gasteiger partial charge >= 0.3 is 12.1 Å². The molecule has 0 fully saturated rings. The number of aromatic nitrogens is 2. The number of benzene rings is 2. The van der Waals surface area contributed by atoms with E-state index in [1.54, 1.807) is 0 Å². The lowest BCUT2D eigenvalue weighted by Gasteiger charge is -2.05. The zero-order chi connectivity index (χ0) is 14.8. The number of ether oxygens (including phenoxy) is 1. The van der Waals surface area contributed by atoms with Crippen LogP contribution in [0, 0.1) is 0 Å². The van der Waals surface area contributed by atoms with Gasteiger partial charge in [0, 0.05) is 5.69 Å². The second-order valence-electron chi connectivity index (χ2n) is 4.69. The van der Waals surface area contributed by atoms with Gasteiger partial charge in [-0.1, -0.05) is 24.3 Å². The van der Waals surface area contributed by atoms with Crippen molar-refractivity contribution in [1.29, 1.82) is 0 Å². The smallest absolute Gasteiger partial charge is 0.398 e. The first-order valence-electron chi connectivity index (χ1n) is 6.41. The van der Waals surface area contributed by atoms with Gasteiger partial charge in [0.25, 0.3) is 0 Å². The number of amides is 1. The molecular weight excluding hydrogens is 304 g/mol. The lowest BCUT2D eigenvalue weighted by molar-refractivity contribution is 0.207. The first-order valence-corrected chi connectivity index (χ1v) is 6.41. The molecule has 1 heterocycles. The Morgan fingerprint density at radius 3 is 2.73 bits per heavy atom. The number of H-pyrrole nitrogens is 1. The van der Waals surface area contributed by atoms with Crippen LogP contribution in [0.4, 0.5) is 10.5 Å². The van der Waals surface area contributed by atoms with Gasteiger partial charge in [-0.15, -0.1) is 12.4 Å². The van der Waals surface area contributed by atoms with Crippen molar-refractivity contribution in [3.63, 3.8) is 0 Å². The molecule has 3 aromatic rings. The van der Waals surface area contributed by atoms with Crippen molar-refractivity contribution in [2.24, 2.45) is 5.73 Å². The molecule has 0 spiro atoms. The van der Waals surface area contributed by atoms with Gasteiger partial charge in [-0.25, -0.2) is 4.79 Å². The molecule has 0 radical (unpaired) electrons. The van der Waals surface area contributed by atoms with Crippen molar-refractivity contribution in [3.8, 4) is 6.01 Å². The summed E-state index contributed by atoms with van der Waals surface area (Å²) in [6, 6.07) is 13.6. The molecule has 3 rings (SSSR count). The Morgan fingerprint density at radius 1 is 1.23 bits per heavy atom. The molecule has 0 unspecified atom stereocenters. The summed E-state index contributed by atoms with van der Waals surface area (Å²) in [6.07, 6.45) is -0.187. The number of hydrogen-bond donors (Lipinski definition) is 3. The fourth-order valence-electron chi connectivity index (χ4n) is 2.20. The third-order valence-electron chi connectivity index (χ3n) is 3.17. The van der Waals surface area contributed by atoms with Crippen molar-refractivity contribution >= 4 is 35.2 Å². The van der Waals surface area contributed by atoms with E-state index in [-0.39, 0.29) is 18.4 Å². The van der Waals surface area contributed by atoms with E-state index in [2.05, 4.69) is 9.97 Å². The predicted octanol–water partition coefficient (Wildman–Crippen LogP) is 2.62. The molecule has 0 saturated carbocycles. The van der Waals surface area contributed by atoms with E-state index >= 15 is 0 Å². The Labute approximate surface area is 132 Å². The highest BCUT2D eigenvalue weighted by atomic mass is 35.5. The van der Waals surface area contributed by atoms with Crippen molar-refractivity contribution in [3.05, 3.63) is 53.6 Å². The molecule has 0 bridgehead atoms. The molecule has 1 aromatic heterocycles. The third kappa shape index (κ3) is 3.29. The van der Waals surface area contributed by atoms with Crippen LogP contribution in [0.1, 0.15) is 11.1 Å². The number of nitrogens with zero attached hydrogens (tertiary/aromatic N) is 1. The number of nitrogens with one attached hydrogen (secondary N) is 1. The zero-order valence-corrected chi connectivity index (χ0v) is 12.4. The number of nitrogens with two attached hydrogens (primary N) is 2. The van der Waals surface area contributed by atoms with Crippen molar-refractivity contribution < 1.29 is 9.53 Å². The molecule has 22 heavy (non-hydrogen) atoms. The highest BCUT2D eigenvalue weighted by Gasteiger charge is 2.08. The number of hydrogen-bond acceptors (Lipinski definition) is 4. The molecular formula is C15H15ClN4O2. The Kier molecular flexibility index (Phi) is 4.53. The minimum atomic E-state index is -0.897. The van der Waals surface area contributed by atoms with Gasteiger partial charge < -0.3 is 21.2 Å². The normalized spacial score (nSPS) is 10.2. The molecule has 5 N–H and O–H groups in total. The number of imidazole rings is 1. The average molecular weight is 319 g/mol. The van der Waals surface area contributed by atoms with Crippen LogP contribution in [0.15, 0.2) is 42.5 Å². The van der Waals surface area contributed by atoms with Crippen LogP contribution in [0.5, 0.6) is 6.01 Å². The number of carbonyl (C=O) groups excluding carboxylic acids is 1. The summed E-state index contributed by atoms with van der Waals surface area (Å²) < 4.78 is 4.73. The van der Waals surface area contributed by atoms with Crippen LogP contribution in [-0.4, -0.2) is 16.1 Å². The quantitative estimate of drug-likeness (QED) is 0.645. The van der Waals surface area contributed by atoms with E-state index in [1.807, 2.05) is 42.5 Å². The molecule has 7 heteroatoms. The van der Waals surface area contributed by atoms with Crippen LogP contribution in [0.2, 0.25) is 0 Å². The fraction of sp³-hybridized carbons (Fsp3) is 0.0667. The lowest BCUT2D eigenvalue weighted by atomic mass is 10.0. The van der Waals surface area contributed by atoms with Crippen LogP contribution >= 0.6 is 12.4 Å². The number of rotatable bonds is 3. The Hall–Kier alpha value is -2.73. The minimum absolute atomic E-state index is 0. The maximum absolute atomic E-state index is 10.7. The SMILES string of the molecule is Cl.NC(=O)Oc1nc2cc(Cc3ccccc3N)ccc2[nH]1. The number of halogens is 1. The Bertz CT molecular complexity index is 816. The summed E-state index contributed by atoms with van der Waals surface area (Å²) >= 11 is 0. The van der Waals surface area contributed by atoms with Gasteiger partial charge in [0.1, 0.15) is 0 Å².